The minimum absolute atomic E-state index is 0.0628. The Labute approximate surface area is 242 Å². The number of hydrogen-bond donors (Lipinski definition) is 3. The molecule has 1 aliphatic carbocycles. The minimum atomic E-state index is -0.410. The first kappa shape index (κ1) is 40.0. The Morgan fingerprint density at radius 2 is 1.77 bits per heavy atom. The summed E-state index contributed by atoms with van der Waals surface area (Å²) >= 11 is 0. The first-order chi connectivity index (χ1) is 19.2. The third-order valence-corrected chi connectivity index (χ3v) is 7.42. The molecule has 0 aromatic heterocycles. The van der Waals surface area contributed by atoms with E-state index in [2.05, 4.69) is 32.2 Å². The van der Waals surface area contributed by atoms with Crippen molar-refractivity contribution in [3.05, 3.63) is 36.0 Å². The molecule has 1 saturated heterocycles. The lowest BCUT2D eigenvalue weighted by molar-refractivity contribution is -0.168. The van der Waals surface area contributed by atoms with Crippen molar-refractivity contribution in [1.82, 2.24) is 5.32 Å². The molecule has 5 atom stereocenters. The van der Waals surface area contributed by atoms with Gasteiger partial charge in [0, 0.05) is 38.3 Å². The SMILES string of the molecule is CC.CNC(CCCOC)C(=O)OC[C@]12CCC(C)=CC1OC(C)CCC2(C)CO.CO.O=C/C=C\C=C\C=O. The predicted octanol–water partition coefficient (Wildman–Crippen LogP) is 3.97. The first-order valence-corrected chi connectivity index (χ1v) is 14.2. The molecule has 9 heteroatoms. The maximum absolute atomic E-state index is 12.8. The summed E-state index contributed by atoms with van der Waals surface area (Å²) in [4.78, 5) is 31.9. The fraction of sp³-hybridized carbons (Fsp3) is 0.710. The number of nitrogens with one attached hydrogen (secondary N) is 1. The summed E-state index contributed by atoms with van der Waals surface area (Å²) in [6.45, 7) is 11.3. The maximum Gasteiger partial charge on any atom is 0.323 e. The fourth-order valence-electron chi connectivity index (χ4n) is 4.86. The van der Waals surface area contributed by atoms with E-state index in [1.54, 1.807) is 14.2 Å². The van der Waals surface area contributed by atoms with Crippen LogP contribution in [0.15, 0.2) is 36.0 Å². The molecule has 0 bridgehead atoms. The Kier molecular flexibility index (Phi) is 23.5. The minimum Gasteiger partial charge on any atom is -0.464 e. The highest BCUT2D eigenvalue weighted by Gasteiger charge is 2.56. The number of carbonyl (C=O) groups excluding carboxylic acids is 3. The summed E-state index contributed by atoms with van der Waals surface area (Å²) in [5, 5.41) is 20.4. The molecule has 0 spiro atoms. The van der Waals surface area contributed by atoms with Crippen LogP contribution in [0.3, 0.4) is 0 Å². The van der Waals surface area contributed by atoms with Gasteiger partial charge in [0.2, 0.25) is 0 Å². The molecule has 1 heterocycles. The van der Waals surface area contributed by atoms with Crippen molar-refractivity contribution in [2.75, 3.05) is 41.1 Å². The van der Waals surface area contributed by atoms with Crippen molar-refractivity contribution in [1.29, 1.82) is 0 Å². The third-order valence-electron chi connectivity index (χ3n) is 7.42. The van der Waals surface area contributed by atoms with Gasteiger partial charge in [0.1, 0.15) is 25.2 Å². The Morgan fingerprint density at radius 3 is 2.27 bits per heavy atom. The number of allylic oxidation sites excluding steroid dienone is 5. The fourth-order valence-corrected chi connectivity index (χ4v) is 4.86. The van der Waals surface area contributed by atoms with Crippen LogP contribution in [0.4, 0.5) is 0 Å². The summed E-state index contributed by atoms with van der Waals surface area (Å²) in [6.07, 6.45) is 14.0. The highest BCUT2D eigenvalue weighted by molar-refractivity contribution is 5.75. The van der Waals surface area contributed by atoms with Crippen molar-refractivity contribution in [2.24, 2.45) is 10.8 Å². The van der Waals surface area contributed by atoms with Gasteiger partial charge in [-0.15, -0.1) is 0 Å². The number of carbonyl (C=O) groups is 3. The molecule has 3 N–H and O–H groups in total. The number of ether oxygens (including phenoxy) is 3. The molecule has 0 amide bonds. The van der Waals surface area contributed by atoms with Crippen molar-refractivity contribution in [3.63, 3.8) is 0 Å². The second-order valence-electron chi connectivity index (χ2n) is 9.92. The Bertz CT molecular complexity index is 765. The number of aldehydes is 2. The van der Waals surface area contributed by atoms with Gasteiger partial charge in [-0.1, -0.05) is 44.6 Å². The van der Waals surface area contributed by atoms with Gasteiger partial charge in [0.25, 0.3) is 0 Å². The van der Waals surface area contributed by atoms with Crippen LogP contribution < -0.4 is 5.32 Å². The van der Waals surface area contributed by atoms with E-state index in [9.17, 15) is 19.5 Å². The van der Waals surface area contributed by atoms with Gasteiger partial charge < -0.3 is 29.7 Å². The summed E-state index contributed by atoms with van der Waals surface area (Å²) in [5.74, 6) is -0.240. The number of methoxy groups -OCH3 is 1. The molecule has 1 fully saturated rings. The first-order valence-electron chi connectivity index (χ1n) is 14.2. The van der Waals surface area contributed by atoms with Crippen LogP contribution in [0.2, 0.25) is 0 Å². The molecule has 0 aromatic carbocycles. The predicted molar refractivity (Wildman–Crippen MR) is 159 cm³/mol. The third kappa shape index (κ3) is 13.0. The van der Waals surface area contributed by atoms with Crippen molar-refractivity contribution in [2.45, 2.75) is 91.4 Å². The van der Waals surface area contributed by atoms with E-state index in [1.165, 1.54) is 29.9 Å². The van der Waals surface area contributed by atoms with Gasteiger partial charge in [-0.25, -0.2) is 0 Å². The lowest BCUT2D eigenvalue weighted by Gasteiger charge is -2.51. The van der Waals surface area contributed by atoms with E-state index in [0.29, 0.717) is 25.6 Å². The number of rotatable bonds is 12. The van der Waals surface area contributed by atoms with E-state index in [4.69, 9.17) is 19.3 Å². The standard InChI is InChI=1S/C22H39NO5.C6H6O2.C2H6.CH4O/c1-16-8-11-22(15-27-20(25)18(23-4)7-6-12-26-5)19(13-16)28-17(2)9-10-21(22,3)14-24;7-5-3-1-2-4-6-8;2*1-2/h13,17-19,23-24H,6-12,14-15H2,1-5H3;1-6H;1-2H3;2H,1H3/b;3-1-,4-2+;;/t17?,18?,19?,21?,22-;;;/m1.../s1. The topological polar surface area (TPSA) is 131 Å². The van der Waals surface area contributed by atoms with E-state index in [1.807, 2.05) is 13.8 Å². The van der Waals surface area contributed by atoms with Crippen LogP contribution in [-0.4, -0.2) is 88.1 Å². The molecular weight excluding hydrogens is 514 g/mol. The van der Waals surface area contributed by atoms with Crippen molar-refractivity contribution in [3.8, 4) is 0 Å². The molecule has 1 aliphatic heterocycles. The van der Waals surface area contributed by atoms with Gasteiger partial charge in [0.15, 0.2) is 0 Å². The molecule has 2 aliphatic rings. The van der Waals surface area contributed by atoms with Crippen LogP contribution in [0.1, 0.15) is 73.1 Å². The molecule has 9 nitrogen and oxygen atoms in total. The average molecular weight is 570 g/mol. The Balaban J connectivity index is 0. The number of likely N-dealkylation sites (N-methyl/N-ethyl adjacent to an activating group) is 1. The average Bonchev–Trinajstić information content (AvgIpc) is 3.08. The van der Waals surface area contributed by atoms with E-state index < -0.39 is 5.41 Å². The Hall–Kier alpha value is -2.17. The van der Waals surface area contributed by atoms with Crippen LogP contribution in [0.5, 0.6) is 0 Å². The summed E-state index contributed by atoms with van der Waals surface area (Å²) in [5.41, 5.74) is 0.534. The quantitative estimate of drug-likeness (QED) is 0.0798. The van der Waals surface area contributed by atoms with Gasteiger partial charge in [-0.2, -0.15) is 0 Å². The molecule has 232 valence electrons. The molecule has 40 heavy (non-hydrogen) atoms. The normalized spacial score (nSPS) is 26.3. The van der Waals surface area contributed by atoms with Crippen molar-refractivity contribution < 1.29 is 38.8 Å². The monoisotopic (exact) mass is 569 g/mol. The smallest absolute Gasteiger partial charge is 0.323 e. The number of hydrogen-bond acceptors (Lipinski definition) is 9. The van der Waals surface area contributed by atoms with E-state index in [0.717, 1.165) is 39.2 Å². The second kappa shape index (κ2) is 23.5. The highest BCUT2D eigenvalue weighted by Crippen LogP contribution is 2.55. The summed E-state index contributed by atoms with van der Waals surface area (Å²) in [6, 6.07) is -0.350. The van der Waals surface area contributed by atoms with Gasteiger partial charge in [-0.05, 0) is 71.6 Å². The lowest BCUT2D eigenvalue weighted by Crippen LogP contribution is -2.55. The van der Waals surface area contributed by atoms with Crippen molar-refractivity contribution >= 4 is 18.5 Å². The number of esters is 1. The van der Waals surface area contributed by atoms with Gasteiger partial charge in [-0.3, -0.25) is 14.4 Å². The molecule has 0 aromatic rings. The van der Waals surface area contributed by atoms with Crippen LogP contribution in [-0.2, 0) is 28.6 Å². The van der Waals surface area contributed by atoms with E-state index in [-0.39, 0.29) is 42.8 Å². The highest BCUT2D eigenvalue weighted by atomic mass is 16.5. The number of aliphatic hydroxyl groups is 2. The van der Waals surface area contributed by atoms with Gasteiger partial charge in [0.05, 0.1) is 12.2 Å². The largest absolute Gasteiger partial charge is 0.464 e. The zero-order chi connectivity index (χ0) is 31.0. The van der Waals surface area contributed by atoms with E-state index >= 15 is 0 Å². The molecule has 4 unspecified atom stereocenters. The van der Waals surface area contributed by atoms with Gasteiger partial charge >= 0.3 is 5.97 Å². The Morgan fingerprint density at radius 1 is 1.18 bits per heavy atom. The summed E-state index contributed by atoms with van der Waals surface area (Å²) < 4.78 is 17.3. The lowest BCUT2D eigenvalue weighted by atomic mass is 9.56. The van der Waals surface area contributed by atoms with Crippen LogP contribution in [0.25, 0.3) is 0 Å². The molecule has 2 rings (SSSR count). The molecule has 0 saturated carbocycles. The number of fused-ring (bicyclic) bond motifs is 1. The maximum atomic E-state index is 12.8. The number of aliphatic hydroxyl groups excluding tert-OH is 2. The van der Waals surface area contributed by atoms with Crippen LogP contribution >= 0.6 is 0 Å². The van der Waals surface area contributed by atoms with Crippen LogP contribution in [0, 0.1) is 10.8 Å². The zero-order valence-corrected chi connectivity index (χ0v) is 26.0. The second-order valence-corrected chi connectivity index (χ2v) is 9.92. The summed E-state index contributed by atoms with van der Waals surface area (Å²) in [7, 11) is 4.44. The zero-order valence-electron chi connectivity index (χ0n) is 26.0. The molecular formula is C31H55NO8. The molecule has 0 radical (unpaired) electrons.